The molecule has 0 saturated carbocycles. The fourth-order valence-electron chi connectivity index (χ4n) is 0.769. The van der Waals surface area contributed by atoms with E-state index in [0.717, 1.165) is 0 Å². The quantitative estimate of drug-likeness (QED) is 0.416. The molecule has 0 radical (unpaired) electrons. The zero-order chi connectivity index (χ0) is 6.85. The Kier molecular flexibility index (Phi) is 3.67. The third-order valence-electron chi connectivity index (χ3n) is 1.39. The molecule has 0 nitrogen and oxygen atoms in total. The van der Waals surface area contributed by atoms with Crippen LogP contribution in [0.25, 0.3) is 0 Å². The Morgan fingerprint density at radius 2 is 1.89 bits per heavy atom. The van der Waals surface area contributed by atoms with Crippen LogP contribution in [0, 0.1) is 0 Å². The van der Waals surface area contributed by atoms with Gasteiger partial charge in [-0.3, -0.25) is 0 Å². The first-order valence-corrected chi connectivity index (χ1v) is 6.62. The maximum absolute atomic E-state index is 4.42. The van der Waals surface area contributed by atoms with Gasteiger partial charge >= 0.3 is 79.2 Å². The number of thiol groups is 3. The summed E-state index contributed by atoms with van der Waals surface area (Å²) in [6.45, 7) is 0. The molecule has 0 amide bonds. The second-order valence-electron chi connectivity index (χ2n) is 2.11. The van der Waals surface area contributed by atoms with Crippen molar-refractivity contribution >= 4 is 52.8 Å². The molecule has 54 valence electrons. The molecule has 4 heteroatoms. The number of hydrogen-bond acceptors (Lipinski definition) is 3. The van der Waals surface area contributed by atoms with Gasteiger partial charge in [0.05, 0.1) is 0 Å². The molecule has 0 N–H and O–H groups in total. The van der Waals surface area contributed by atoms with E-state index in [1.807, 2.05) is 0 Å². The molecule has 3 atom stereocenters. The molecular formula is C5H10S3Se. The summed E-state index contributed by atoms with van der Waals surface area (Å²) in [7, 11) is 0. The zero-order valence-corrected chi connectivity index (χ0v) is 9.29. The van der Waals surface area contributed by atoms with Gasteiger partial charge in [-0.1, -0.05) is 0 Å². The second-order valence-corrected chi connectivity index (χ2v) is 7.33. The van der Waals surface area contributed by atoms with Crippen LogP contribution in [-0.4, -0.2) is 29.6 Å². The Labute approximate surface area is 78.9 Å². The van der Waals surface area contributed by atoms with Gasteiger partial charge < -0.3 is 0 Å². The normalized spacial score (nSPS) is 45.0. The fourth-order valence-corrected chi connectivity index (χ4v) is 5.35. The van der Waals surface area contributed by atoms with Crippen molar-refractivity contribution in [1.82, 2.24) is 0 Å². The molecule has 0 aromatic carbocycles. The van der Waals surface area contributed by atoms with Gasteiger partial charge in [-0.15, -0.1) is 0 Å². The van der Waals surface area contributed by atoms with Gasteiger partial charge in [-0.2, -0.15) is 0 Å². The molecule has 1 rings (SSSR count). The van der Waals surface area contributed by atoms with Crippen molar-refractivity contribution in [3.8, 4) is 0 Å². The van der Waals surface area contributed by atoms with Crippen LogP contribution < -0.4 is 0 Å². The van der Waals surface area contributed by atoms with E-state index < -0.39 is 0 Å². The minimum absolute atomic E-state index is 0.422. The molecule has 1 aliphatic rings. The molecular weight excluding hydrogens is 235 g/mol. The number of hydrogen-bond donors (Lipinski definition) is 3. The van der Waals surface area contributed by atoms with Crippen LogP contribution in [0.15, 0.2) is 0 Å². The first-order valence-electron chi connectivity index (χ1n) is 2.87. The second kappa shape index (κ2) is 3.82. The molecule has 1 aliphatic heterocycles. The van der Waals surface area contributed by atoms with Gasteiger partial charge in [0.15, 0.2) is 0 Å². The molecule has 9 heavy (non-hydrogen) atoms. The van der Waals surface area contributed by atoms with Gasteiger partial charge in [0, 0.05) is 0 Å². The summed E-state index contributed by atoms with van der Waals surface area (Å²) in [5, 5.41) is 2.23. The van der Waals surface area contributed by atoms with Gasteiger partial charge in [0.25, 0.3) is 0 Å². The van der Waals surface area contributed by atoms with Gasteiger partial charge in [-0.05, 0) is 0 Å². The predicted molar refractivity (Wildman–Crippen MR) is 53.5 cm³/mol. The summed E-state index contributed by atoms with van der Waals surface area (Å²) in [5.74, 6) is 0. The van der Waals surface area contributed by atoms with E-state index in [1.54, 1.807) is 0 Å². The van der Waals surface area contributed by atoms with E-state index in [9.17, 15) is 0 Å². The van der Waals surface area contributed by atoms with Crippen LogP contribution in [0.5, 0.6) is 0 Å². The van der Waals surface area contributed by atoms with Crippen molar-refractivity contribution < 1.29 is 0 Å². The molecule has 0 aliphatic carbocycles. The molecule has 0 aromatic rings. The molecule has 3 unspecified atom stereocenters. The Morgan fingerprint density at radius 3 is 2.33 bits per heavy atom. The van der Waals surface area contributed by atoms with E-state index in [4.69, 9.17) is 0 Å². The van der Waals surface area contributed by atoms with Crippen LogP contribution in [0.1, 0.15) is 6.42 Å². The first kappa shape index (κ1) is 8.66. The molecule has 1 heterocycles. The molecule has 0 spiro atoms. The van der Waals surface area contributed by atoms with Crippen LogP contribution in [0.4, 0.5) is 0 Å². The van der Waals surface area contributed by atoms with Crippen LogP contribution in [0.2, 0.25) is 5.32 Å². The number of rotatable bonds is 0. The Morgan fingerprint density at radius 1 is 1.22 bits per heavy atom. The van der Waals surface area contributed by atoms with Crippen molar-refractivity contribution in [2.45, 2.75) is 26.4 Å². The van der Waals surface area contributed by atoms with Gasteiger partial charge in [0.2, 0.25) is 0 Å². The van der Waals surface area contributed by atoms with E-state index >= 15 is 0 Å². The third-order valence-corrected chi connectivity index (χ3v) is 6.97. The van der Waals surface area contributed by atoms with Crippen LogP contribution in [0.3, 0.4) is 0 Å². The average Bonchev–Trinajstić information content (AvgIpc) is 1.83. The molecule has 0 aromatic heterocycles. The van der Waals surface area contributed by atoms with Crippen LogP contribution in [-0.2, 0) is 0 Å². The molecule has 1 saturated heterocycles. The topological polar surface area (TPSA) is 0 Å². The predicted octanol–water partition coefficient (Wildman–Crippen LogP) is 1.37. The minimum atomic E-state index is 0.422. The summed E-state index contributed by atoms with van der Waals surface area (Å²) in [6, 6.07) is 0. The summed E-state index contributed by atoms with van der Waals surface area (Å²) < 4.78 is 0.525. The standard InChI is InChI=1S/C5H10S3Se/c6-3-1-2-9-5(8)4(3)7/h3-8H,1-2H2. The van der Waals surface area contributed by atoms with E-state index in [0.29, 0.717) is 29.6 Å². The summed E-state index contributed by atoms with van der Waals surface area (Å²) in [6.07, 6.45) is 1.23. The Bertz CT molecular complexity index is 88.2. The van der Waals surface area contributed by atoms with Crippen molar-refractivity contribution in [2.75, 3.05) is 0 Å². The summed E-state index contributed by atoms with van der Waals surface area (Å²) in [5.41, 5.74) is 0. The molecule has 0 bridgehead atoms. The fraction of sp³-hybridized carbons (Fsp3) is 1.00. The third kappa shape index (κ3) is 2.26. The Balaban J connectivity index is 2.41. The monoisotopic (exact) mass is 246 g/mol. The van der Waals surface area contributed by atoms with Crippen molar-refractivity contribution in [3.05, 3.63) is 0 Å². The molecule has 1 fully saturated rings. The van der Waals surface area contributed by atoms with Crippen LogP contribution >= 0.6 is 37.9 Å². The van der Waals surface area contributed by atoms with Crippen molar-refractivity contribution in [1.29, 1.82) is 0 Å². The summed E-state index contributed by atoms with van der Waals surface area (Å²) >= 11 is 13.9. The van der Waals surface area contributed by atoms with E-state index in [1.165, 1.54) is 11.7 Å². The van der Waals surface area contributed by atoms with Gasteiger partial charge in [0.1, 0.15) is 0 Å². The maximum atomic E-state index is 4.42. The van der Waals surface area contributed by atoms with Crippen molar-refractivity contribution in [3.63, 3.8) is 0 Å². The van der Waals surface area contributed by atoms with E-state index in [2.05, 4.69) is 37.9 Å². The first-order chi connectivity index (χ1) is 4.22. The SMILES string of the molecule is SC1CC[Se]C(S)C1S. The Hall–Kier alpha value is 1.57. The zero-order valence-electron chi connectivity index (χ0n) is 4.90. The average molecular weight is 245 g/mol. The summed E-state index contributed by atoms with van der Waals surface area (Å²) in [4.78, 5) is 0. The van der Waals surface area contributed by atoms with Gasteiger partial charge in [-0.25, -0.2) is 0 Å². The van der Waals surface area contributed by atoms with E-state index in [-0.39, 0.29) is 0 Å². The van der Waals surface area contributed by atoms with Crippen molar-refractivity contribution in [2.24, 2.45) is 0 Å².